The number of ether oxygens (including phenoxy) is 1. The van der Waals surface area contributed by atoms with E-state index in [1.807, 2.05) is 0 Å². The number of hydrogen-bond donors (Lipinski definition) is 1. The summed E-state index contributed by atoms with van der Waals surface area (Å²) in [7, 11) is -1.79. The molecule has 21 heavy (non-hydrogen) atoms. The fourth-order valence-electron chi connectivity index (χ4n) is 3.18. The van der Waals surface area contributed by atoms with Gasteiger partial charge in [-0.15, -0.1) is 0 Å². The van der Waals surface area contributed by atoms with Crippen LogP contribution in [0.25, 0.3) is 0 Å². The first-order valence-electron chi connectivity index (χ1n) is 7.84. The van der Waals surface area contributed by atoms with E-state index in [0.717, 1.165) is 44.9 Å². The highest BCUT2D eigenvalue weighted by Gasteiger charge is 2.29. The van der Waals surface area contributed by atoms with Crippen LogP contribution in [0.5, 0.6) is 0 Å². The molecule has 0 aromatic rings. The molecule has 0 aromatic carbocycles. The summed E-state index contributed by atoms with van der Waals surface area (Å²) in [5.74, 6) is 0.310. The normalized spacial score (nSPS) is 22.2. The summed E-state index contributed by atoms with van der Waals surface area (Å²) in [5, 5.41) is -0.207. The average molecular weight is 318 g/mol. The monoisotopic (exact) mass is 318 g/mol. The molecular formula is C14H26N2O4S. The zero-order valence-corrected chi connectivity index (χ0v) is 13.5. The van der Waals surface area contributed by atoms with Crippen LogP contribution >= 0.6 is 0 Å². The van der Waals surface area contributed by atoms with E-state index in [2.05, 4.69) is 4.72 Å². The van der Waals surface area contributed by atoms with Gasteiger partial charge >= 0.3 is 6.09 Å². The topological polar surface area (TPSA) is 75.7 Å². The molecule has 0 radical (unpaired) electrons. The molecule has 0 atom stereocenters. The van der Waals surface area contributed by atoms with Gasteiger partial charge in [0.1, 0.15) is 0 Å². The molecule has 7 heteroatoms. The van der Waals surface area contributed by atoms with Crippen LogP contribution in [0.4, 0.5) is 4.79 Å². The Hall–Kier alpha value is -0.820. The molecule has 0 aromatic heterocycles. The number of rotatable bonds is 4. The van der Waals surface area contributed by atoms with E-state index in [1.54, 1.807) is 4.90 Å². The predicted molar refractivity (Wildman–Crippen MR) is 80.5 cm³/mol. The molecule has 2 rings (SSSR count). The number of piperidine rings is 1. The molecule has 122 valence electrons. The molecule has 1 saturated carbocycles. The molecule has 0 bridgehead atoms. The van der Waals surface area contributed by atoms with Crippen LogP contribution in [0, 0.1) is 5.92 Å². The van der Waals surface area contributed by atoms with Gasteiger partial charge < -0.3 is 9.64 Å². The average Bonchev–Trinajstić information content (AvgIpc) is 2.53. The molecule has 1 N–H and O–H groups in total. The molecule has 2 fully saturated rings. The van der Waals surface area contributed by atoms with Gasteiger partial charge in [0.25, 0.3) is 0 Å². The molecule has 6 nitrogen and oxygen atoms in total. The fraction of sp³-hybridized carbons (Fsp3) is 0.929. The van der Waals surface area contributed by atoms with Crippen LogP contribution < -0.4 is 4.72 Å². The second-order valence-electron chi connectivity index (χ2n) is 6.05. The Morgan fingerprint density at radius 1 is 1.14 bits per heavy atom. The predicted octanol–water partition coefficient (Wildman–Crippen LogP) is 1.72. The number of methoxy groups -OCH3 is 1. The largest absolute Gasteiger partial charge is 0.453 e. The van der Waals surface area contributed by atoms with Crippen LogP contribution in [-0.2, 0) is 14.8 Å². The molecule has 0 spiro atoms. The molecule has 1 saturated heterocycles. The second-order valence-corrected chi connectivity index (χ2v) is 8.10. The van der Waals surface area contributed by atoms with Crippen molar-refractivity contribution >= 4 is 16.1 Å². The highest BCUT2D eigenvalue weighted by atomic mass is 32.2. The highest BCUT2D eigenvalue weighted by Crippen LogP contribution is 2.24. The molecule has 1 aliphatic heterocycles. The lowest BCUT2D eigenvalue weighted by atomic mass is 9.97. The minimum atomic E-state index is -3.17. The van der Waals surface area contributed by atoms with Gasteiger partial charge in [0.05, 0.1) is 12.4 Å². The first-order chi connectivity index (χ1) is 10.0. The molecule has 0 unspecified atom stereocenters. The Morgan fingerprint density at radius 2 is 1.76 bits per heavy atom. The molecule has 1 aliphatic carbocycles. The highest BCUT2D eigenvalue weighted by molar-refractivity contribution is 7.90. The minimum absolute atomic E-state index is 0.207. The van der Waals surface area contributed by atoms with Gasteiger partial charge in [-0.1, -0.05) is 19.3 Å². The van der Waals surface area contributed by atoms with Crippen molar-refractivity contribution in [2.45, 2.75) is 50.2 Å². The van der Waals surface area contributed by atoms with Crippen LogP contribution in [0.1, 0.15) is 44.9 Å². The zero-order valence-electron chi connectivity index (χ0n) is 12.7. The summed E-state index contributed by atoms with van der Waals surface area (Å²) >= 11 is 0. The lowest BCUT2D eigenvalue weighted by molar-refractivity contribution is 0.106. The number of sulfonamides is 1. The third kappa shape index (κ3) is 4.57. The van der Waals surface area contributed by atoms with E-state index in [9.17, 15) is 13.2 Å². The molecular weight excluding hydrogens is 292 g/mol. The summed E-state index contributed by atoms with van der Waals surface area (Å²) in [6.45, 7) is 1.78. The van der Waals surface area contributed by atoms with Crippen LogP contribution in [-0.4, -0.2) is 51.4 Å². The SMILES string of the molecule is COC(=O)N1CCC(CNS(=O)(=O)C2CCCCC2)CC1. The van der Waals surface area contributed by atoms with Gasteiger partial charge in [-0.2, -0.15) is 0 Å². The van der Waals surface area contributed by atoms with Crippen molar-refractivity contribution in [1.82, 2.24) is 9.62 Å². The van der Waals surface area contributed by atoms with Gasteiger partial charge in [0.15, 0.2) is 0 Å². The Labute approximate surface area is 127 Å². The quantitative estimate of drug-likeness (QED) is 0.856. The van der Waals surface area contributed by atoms with Crippen molar-refractivity contribution in [2.75, 3.05) is 26.7 Å². The number of likely N-dealkylation sites (tertiary alicyclic amines) is 1. The lowest BCUT2D eigenvalue weighted by Crippen LogP contribution is -2.43. The van der Waals surface area contributed by atoms with E-state index >= 15 is 0 Å². The van der Waals surface area contributed by atoms with E-state index in [1.165, 1.54) is 7.11 Å². The summed E-state index contributed by atoms with van der Waals surface area (Å²) in [6.07, 6.45) is 6.11. The third-order valence-corrected chi connectivity index (χ3v) is 6.53. The Balaban J connectivity index is 1.75. The first-order valence-corrected chi connectivity index (χ1v) is 9.39. The van der Waals surface area contributed by atoms with Gasteiger partial charge in [-0.05, 0) is 31.6 Å². The maximum atomic E-state index is 12.3. The van der Waals surface area contributed by atoms with Gasteiger partial charge in [-0.3, -0.25) is 0 Å². The van der Waals surface area contributed by atoms with E-state index in [4.69, 9.17) is 4.74 Å². The maximum absolute atomic E-state index is 12.3. The van der Waals surface area contributed by atoms with Gasteiger partial charge in [-0.25, -0.2) is 17.9 Å². The summed E-state index contributed by atoms with van der Waals surface area (Å²) in [6, 6.07) is 0. The molecule has 1 heterocycles. The molecule has 2 aliphatic rings. The van der Waals surface area contributed by atoms with Gasteiger partial charge in [0.2, 0.25) is 10.0 Å². The summed E-state index contributed by atoms with van der Waals surface area (Å²) in [5.41, 5.74) is 0. The number of amides is 1. The lowest BCUT2D eigenvalue weighted by Gasteiger charge is -2.31. The van der Waals surface area contributed by atoms with Crippen LogP contribution in [0.2, 0.25) is 0 Å². The standard InChI is InChI=1S/C14H26N2O4S/c1-20-14(17)16-9-7-12(8-10-16)11-15-21(18,19)13-5-3-2-4-6-13/h12-13,15H,2-11H2,1H3. The van der Waals surface area contributed by atoms with Crippen molar-refractivity contribution < 1.29 is 17.9 Å². The third-order valence-electron chi connectivity index (χ3n) is 4.61. The van der Waals surface area contributed by atoms with Crippen LogP contribution in [0.3, 0.4) is 0 Å². The van der Waals surface area contributed by atoms with Crippen molar-refractivity contribution in [1.29, 1.82) is 0 Å². The summed E-state index contributed by atoms with van der Waals surface area (Å²) in [4.78, 5) is 13.1. The number of nitrogens with one attached hydrogen (secondary N) is 1. The van der Waals surface area contributed by atoms with Crippen molar-refractivity contribution in [3.05, 3.63) is 0 Å². The van der Waals surface area contributed by atoms with E-state index in [-0.39, 0.29) is 11.3 Å². The fourth-order valence-corrected chi connectivity index (χ4v) is 4.83. The zero-order chi connectivity index (χ0) is 15.3. The van der Waals surface area contributed by atoms with E-state index in [0.29, 0.717) is 25.6 Å². The number of hydrogen-bond acceptors (Lipinski definition) is 4. The second kappa shape index (κ2) is 7.45. The summed E-state index contributed by atoms with van der Waals surface area (Å²) < 4.78 is 32.0. The van der Waals surface area contributed by atoms with Crippen molar-refractivity contribution in [3.63, 3.8) is 0 Å². The first kappa shape index (κ1) is 16.5. The van der Waals surface area contributed by atoms with Crippen molar-refractivity contribution in [2.24, 2.45) is 5.92 Å². The number of nitrogens with zero attached hydrogens (tertiary/aromatic N) is 1. The minimum Gasteiger partial charge on any atom is -0.453 e. The maximum Gasteiger partial charge on any atom is 0.409 e. The number of carbonyl (C=O) groups is 1. The Kier molecular flexibility index (Phi) is 5.87. The smallest absolute Gasteiger partial charge is 0.409 e. The van der Waals surface area contributed by atoms with Gasteiger partial charge in [0, 0.05) is 19.6 Å². The Morgan fingerprint density at radius 3 is 2.33 bits per heavy atom. The van der Waals surface area contributed by atoms with E-state index < -0.39 is 10.0 Å². The Bertz CT molecular complexity index is 438. The van der Waals surface area contributed by atoms with Crippen molar-refractivity contribution in [3.8, 4) is 0 Å². The molecule has 1 amide bonds. The van der Waals surface area contributed by atoms with Crippen LogP contribution in [0.15, 0.2) is 0 Å². The number of carbonyl (C=O) groups excluding carboxylic acids is 1.